The third kappa shape index (κ3) is 9.77. The molecule has 2 heteroatoms. The van der Waals surface area contributed by atoms with E-state index >= 15 is 0 Å². The van der Waals surface area contributed by atoms with Gasteiger partial charge in [-0.25, -0.2) is 0 Å². The van der Waals surface area contributed by atoms with Crippen LogP contribution >= 0.6 is 0 Å². The highest BCUT2D eigenvalue weighted by Crippen LogP contribution is 2.17. The third-order valence-corrected chi connectivity index (χ3v) is 4.58. The zero-order valence-electron chi connectivity index (χ0n) is 14.0. The van der Waals surface area contributed by atoms with Gasteiger partial charge in [-0.1, -0.05) is 71.6 Å². The fourth-order valence-electron chi connectivity index (χ4n) is 3.07. The van der Waals surface area contributed by atoms with Gasteiger partial charge in [-0.05, 0) is 18.9 Å². The molecule has 2 nitrogen and oxygen atoms in total. The smallest absolute Gasteiger partial charge is 0.0594 e. The molecular weight excluding hydrogens is 246 g/mol. The summed E-state index contributed by atoms with van der Waals surface area (Å²) in [7, 11) is 0. The first kappa shape index (κ1) is 18.0. The van der Waals surface area contributed by atoms with Crippen molar-refractivity contribution in [3.8, 4) is 0 Å². The van der Waals surface area contributed by atoms with E-state index in [9.17, 15) is 0 Å². The van der Waals surface area contributed by atoms with Crippen molar-refractivity contribution in [2.45, 2.75) is 78.1 Å². The molecular formula is C18H37NO. The highest BCUT2D eigenvalue weighted by molar-refractivity contribution is 4.62. The molecule has 0 aromatic heterocycles. The van der Waals surface area contributed by atoms with E-state index in [2.05, 4.69) is 18.7 Å². The molecule has 0 aliphatic carbocycles. The van der Waals surface area contributed by atoms with Crippen LogP contribution in [0.5, 0.6) is 0 Å². The van der Waals surface area contributed by atoms with Crippen molar-refractivity contribution in [1.29, 1.82) is 0 Å². The predicted octanol–water partition coefficient (Wildman–Crippen LogP) is 4.88. The highest BCUT2D eigenvalue weighted by Gasteiger charge is 2.09. The normalized spacial score (nSPS) is 18.3. The van der Waals surface area contributed by atoms with E-state index in [-0.39, 0.29) is 0 Å². The highest BCUT2D eigenvalue weighted by atomic mass is 16.5. The number of rotatable bonds is 12. The van der Waals surface area contributed by atoms with Gasteiger partial charge in [0.15, 0.2) is 0 Å². The maximum Gasteiger partial charge on any atom is 0.0594 e. The van der Waals surface area contributed by atoms with Gasteiger partial charge in [-0.15, -0.1) is 0 Å². The Kier molecular flexibility index (Phi) is 11.4. The summed E-state index contributed by atoms with van der Waals surface area (Å²) in [6, 6.07) is 0. The first-order chi connectivity index (χ1) is 9.83. The van der Waals surface area contributed by atoms with Crippen LogP contribution < -0.4 is 0 Å². The van der Waals surface area contributed by atoms with Crippen LogP contribution in [0.3, 0.4) is 0 Å². The van der Waals surface area contributed by atoms with E-state index in [0.29, 0.717) is 0 Å². The maximum absolute atomic E-state index is 5.38. The number of hydrogen-bond donors (Lipinski definition) is 0. The summed E-state index contributed by atoms with van der Waals surface area (Å²) in [5, 5.41) is 0. The Bertz CT molecular complexity index is 202. The first-order valence-electron chi connectivity index (χ1n) is 9.13. The molecule has 0 aromatic carbocycles. The number of nitrogens with zero attached hydrogens (tertiary/aromatic N) is 1. The van der Waals surface area contributed by atoms with Crippen molar-refractivity contribution in [2.24, 2.45) is 5.92 Å². The molecule has 1 fully saturated rings. The molecule has 0 N–H and O–H groups in total. The van der Waals surface area contributed by atoms with Crippen LogP contribution in [0, 0.1) is 5.92 Å². The van der Waals surface area contributed by atoms with Gasteiger partial charge in [-0.3, -0.25) is 4.90 Å². The summed E-state index contributed by atoms with van der Waals surface area (Å²) in [5.41, 5.74) is 0. The Morgan fingerprint density at radius 2 is 1.45 bits per heavy atom. The van der Waals surface area contributed by atoms with Gasteiger partial charge in [0.05, 0.1) is 13.2 Å². The van der Waals surface area contributed by atoms with E-state index < -0.39 is 0 Å². The number of morpholine rings is 1. The minimum absolute atomic E-state index is 0.940. The van der Waals surface area contributed by atoms with Gasteiger partial charge in [-0.2, -0.15) is 0 Å². The summed E-state index contributed by atoms with van der Waals surface area (Å²) < 4.78 is 5.38. The molecule has 0 saturated carbocycles. The van der Waals surface area contributed by atoms with Crippen LogP contribution in [0.2, 0.25) is 0 Å². The molecule has 1 atom stereocenters. The Morgan fingerprint density at radius 3 is 2.10 bits per heavy atom. The van der Waals surface area contributed by atoms with Gasteiger partial charge < -0.3 is 4.74 Å². The Hall–Kier alpha value is -0.0800. The van der Waals surface area contributed by atoms with E-state index in [1.165, 1.54) is 70.8 Å². The molecule has 1 unspecified atom stereocenters. The second-order valence-electron chi connectivity index (χ2n) is 6.61. The van der Waals surface area contributed by atoms with Gasteiger partial charge >= 0.3 is 0 Å². The number of unbranched alkanes of at least 4 members (excludes halogenated alkanes) is 6. The third-order valence-electron chi connectivity index (χ3n) is 4.58. The number of ether oxygens (including phenoxy) is 1. The van der Waals surface area contributed by atoms with Crippen LogP contribution in [0.25, 0.3) is 0 Å². The molecule has 0 spiro atoms. The summed E-state index contributed by atoms with van der Waals surface area (Å²) in [6.45, 7) is 10.2. The molecule has 0 aromatic rings. The van der Waals surface area contributed by atoms with Gasteiger partial charge in [0.25, 0.3) is 0 Å². The maximum atomic E-state index is 5.38. The van der Waals surface area contributed by atoms with Crippen molar-refractivity contribution in [1.82, 2.24) is 4.90 Å². The van der Waals surface area contributed by atoms with Crippen LogP contribution in [0.15, 0.2) is 0 Å². The fourth-order valence-corrected chi connectivity index (χ4v) is 3.07. The lowest BCUT2D eigenvalue weighted by atomic mass is 9.96. The van der Waals surface area contributed by atoms with Crippen LogP contribution in [-0.2, 0) is 4.74 Å². The first-order valence-corrected chi connectivity index (χ1v) is 9.13. The topological polar surface area (TPSA) is 12.5 Å². The van der Waals surface area contributed by atoms with Crippen LogP contribution in [0.4, 0.5) is 0 Å². The molecule has 1 aliphatic heterocycles. The summed E-state index contributed by atoms with van der Waals surface area (Å²) >= 11 is 0. The molecule has 1 aliphatic rings. The summed E-state index contributed by atoms with van der Waals surface area (Å²) in [5.74, 6) is 0.944. The van der Waals surface area contributed by atoms with Gasteiger partial charge in [0.2, 0.25) is 0 Å². The molecule has 0 amide bonds. The lowest BCUT2D eigenvalue weighted by molar-refractivity contribution is 0.0371. The summed E-state index contributed by atoms with van der Waals surface area (Å²) in [6.07, 6.45) is 14.3. The molecule has 0 bridgehead atoms. The van der Waals surface area contributed by atoms with Crippen molar-refractivity contribution in [2.75, 3.05) is 32.8 Å². The lowest BCUT2D eigenvalue weighted by Crippen LogP contribution is -2.36. The van der Waals surface area contributed by atoms with E-state index in [1.807, 2.05) is 0 Å². The largest absolute Gasteiger partial charge is 0.379 e. The molecule has 20 heavy (non-hydrogen) atoms. The van der Waals surface area contributed by atoms with E-state index in [0.717, 1.165) is 32.2 Å². The zero-order chi connectivity index (χ0) is 14.5. The molecule has 0 radical (unpaired) electrons. The van der Waals surface area contributed by atoms with Crippen molar-refractivity contribution >= 4 is 0 Å². The SMILES string of the molecule is CCCCCCCC(C)CCCCCN1CCOCC1. The lowest BCUT2D eigenvalue weighted by Gasteiger charge is -2.26. The average molecular weight is 284 g/mol. The van der Waals surface area contributed by atoms with Crippen molar-refractivity contribution < 1.29 is 4.74 Å². The average Bonchev–Trinajstić information content (AvgIpc) is 2.48. The van der Waals surface area contributed by atoms with Crippen molar-refractivity contribution in [3.05, 3.63) is 0 Å². The Labute approximate surface area is 127 Å². The second-order valence-corrected chi connectivity index (χ2v) is 6.61. The van der Waals surface area contributed by atoms with E-state index in [4.69, 9.17) is 4.74 Å². The quantitative estimate of drug-likeness (QED) is 0.473. The van der Waals surface area contributed by atoms with Gasteiger partial charge in [0.1, 0.15) is 0 Å². The fraction of sp³-hybridized carbons (Fsp3) is 1.00. The van der Waals surface area contributed by atoms with Crippen LogP contribution in [0.1, 0.15) is 78.1 Å². The van der Waals surface area contributed by atoms with Crippen molar-refractivity contribution in [3.63, 3.8) is 0 Å². The Balaban J connectivity index is 1.82. The van der Waals surface area contributed by atoms with Gasteiger partial charge in [0, 0.05) is 13.1 Å². The molecule has 120 valence electrons. The van der Waals surface area contributed by atoms with Crippen LogP contribution in [-0.4, -0.2) is 37.7 Å². The minimum Gasteiger partial charge on any atom is -0.379 e. The standard InChI is InChI=1S/C18H37NO/c1-3-4-5-6-8-11-18(2)12-9-7-10-13-19-14-16-20-17-15-19/h18H,3-17H2,1-2H3. The second kappa shape index (κ2) is 12.6. The number of hydrogen-bond acceptors (Lipinski definition) is 2. The predicted molar refractivity (Wildman–Crippen MR) is 88.3 cm³/mol. The molecule has 1 saturated heterocycles. The monoisotopic (exact) mass is 283 g/mol. The summed E-state index contributed by atoms with van der Waals surface area (Å²) in [4.78, 5) is 2.56. The minimum atomic E-state index is 0.940. The molecule has 1 heterocycles. The van der Waals surface area contributed by atoms with E-state index in [1.54, 1.807) is 0 Å². The Morgan fingerprint density at radius 1 is 0.850 bits per heavy atom. The molecule has 1 rings (SSSR count). The zero-order valence-corrected chi connectivity index (χ0v) is 14.0.